The minimum Gasteiger partial charge on any atom is -0.323 e. The zero-order valence-electron chi connectivity index (χ0n) is 5.70. The molecule has 0 N–H and O–H groups in total. The predicted molar refractivity (Wildman–Crippen MR) is 51.3 cm³/mol. The molecule has 0 aliphatic heterocycles. The predicted octanol–water partition coefficient (Wildman–Crippen LogP) is 3.30. The summed E-state index contributed by atoms with van der Waals surface area (Å²) in [6, 6.07) is 6.14. The zero-order chi connectivity index (χ0) is 7.68. The molecule has 0 fully saturated rings. The Kier molecular flexibility index (Phi) is 1.84. The van der Waals surface area contributed by atoms with Gasteiger partial charge in [0, 0.05) is 17.8 Å². The van der Waals surface area contributed by atoms with Crippen LogP contribution in [0, 0.1) is 0 Å². The van der Waals surface area contributed by atoms with Gasteiger partial charge in [-0.05, 0) is 34.1 Å². The first kappa shape index (κ1) is 7.13. The van der Waals surface area contributed by atoms with E-state index in [9.17, 15) is 0 Å². The van der Waals surface area contributed by atoms with Crippen LogP contribution in [0.5, 0.6) is 0 Å². The van der Waals surface area contributed by atoms with Gasteiger partial charge in [0.2, 0.25) is 0 Å². The van der Waals surface area contributed by atoms with Crippen molar-refractivity contribution in [3.05, 3.63) is 39.8 Å². The van der Waals surface area contributed by atoms with Crippen molar-refractivity contribution >= 4 is 27.3 Å². The van der Waals surface area contributed by atoms with Crippen LogP contribution in [0.3, 0.4) is 0 Å². The maximum absolute atomic E-state index is 3.42. The SMILES string of the molecule is Brc1cc(-n2cccc2)cs1. The highest BCUT2D eigenvalue weighted by Gasteiger charge is 1.96. The Labute approximate surface area is 77.4 Å². The molecule has 0 saturated carbocycles. The van der Waals surface area contributed by atoms with E-state index in [0.717, 1.165) is 0 Å². The molecule has 3 heteroatoms. The maximum atomic E-state index is 3.42. The molecule has 11 heavy (non-hydrogen) atoms. The average molecular weight is 228 g/mol. The maximum Gasteiger partial charge on any atom is 0.0720 e. The van der Waals surface area contributed by atoms with Crippen LogP contribution >= 0.6 is 27.3 Å². The minimum atomic E-state index is 1.17. The van der Waals surface area contributed by atoms with E-state index in [1.165, 1.54) is 9.47 Å². The van der Waals surface area contributed by atoms with Crippen LogP contribution in [0.15, 0.2) is 39.8 Å². The van der Waals surface area contributed by atoms with Gasteiger partial charge in [0.1, 0.15) is 0 Å². The first-order valence-corrected chi connectivity index (χ1v) is 4.91. The third-order valence-electron chi connectivity index (χ3n) is 1.46. The van der Waals surface area contributed by atoms with E-state index in [1.54, 1.807) is 11.3 Å². The molecule has 56 valence electrons. The Bertz CT molecular complexity index is 337. The van der Waals surface area contributed by atoms with Crippen molar-refractivity contribution in [2.24, 2.45) is 0 Å². The van der Waals surface area contributed by atoms with Gasteiger partial charge in [-0.25, -0.2) is 0 Å². The molecule has 0 aromatic carbocycles. The van der Waals surface area contributed by atoms with Crippen LogP contribution in [0.25, 0.3) is 5.69 Å². The fourth-order valence-corrected chi connectivity index (χ4v) is 2.07. The van der Waals surface area contributed by atoms with Crippen LogP contribution in [-0.4, -0.2) is 4.57 Å². The minimum absolute atomic E-state index is 1.17. The standard InChI is InChI=1S/C8H6BrNS/c9-8-5-7(6-11-8)10-3-1-2-4-10/h1-6H. The lowest BCUT2D eigenvalue weighted by molar-refractivity contribution is 1.09. The van der Waals surface area contributed by atoms with E-state index in [4.69, 9.17) is 0 Å². The van der Waals surface area contributed by atoms with Crippen molar-refractivity contribution in [2.45, 2.75) is 0 Å². The van der Waals surface area contributed by atoms with Crippen molar-refractivity contribution < 1.29 is 0 Å². The molecule has 0 bridgehead atoms. The van der Waals surface area contributed by atoms with E-state index in [2.05, 4.69) is 31.9 Å². The van der Waals surface area contributed by atoms with Gasteiger partial charge >= 0.3 is 0 Å². The van der Waals surface area contributed by atoms with Gasteiger partial charge in [-0.1, -0.05) is 0 Å². The molecule has 2 aromatic rings. The van der Waals surface area contributed by atoms with Gasteiger partial charge in [-0.15, -0.1) is 11.3 Å². The van der Waals surface area contributed by atoms with Crippen molar-refractivity contribution in [1.82, 2.24) is 4.57 Å². The Balaban J connectivity index is 2.45. The van der Waals surface area contributed by atoms with Crippen molar-refractivity contribution in [3.63, 3.8) is 0 Å². The lowest BCUT2D eigenvalue weighted by Gasteiger charge is -1.94. The fraction of sp³-hybridized carbons (Fsp3) is 0. The van der Waals surface area contributed by atoms with Gasteiger partial charge in [0.25, 0.3) is 0 Å². The molecule has 0 radical (unpaired) electrons. The first-order chi connectivity index (χ1) is 5.36. The van der Waals surface area contributed by atoms with Gasteiger partial charge in [0.15, 0.2) is 0 Å². The third-order valence-corrected chi connectivity index (χ3v) is 2.95. The Hall–Kier alpha value is -0.540. The first-order valence-electron chi connectivity index (χ1n) is 3.23. The van der Waals surface area contributed by atoms with Crippen molar-refractivity contribution in [1.29, 1.82) is 0 Å². The normalized spacial score (nSPS) is 10.3. The molecule has 0 saturated heterocycles. The fourth-order valence-electron chi connectivity index (χ4n) is 0.943. The van der Waals surface area contributed by atoms with Crippen LogP contribution in [-0.2, 0) is 0 Å². The second-order valence-electron chi connectivity index (χ2n) is 2.20. The zero-order valence-corrected chi connectivity index (χ0v) is 8.10. The number of hydrogen-bond acceptors (Lipinski definition) is 1. The van der Waals surface area contributed by atoms with Gasteiger partial charge < -0.3 is 4.57 Å². The highest BCUT2D eigenvalue weighted by Crippen LogP contribution is 2.23. The summed E-state index contributed by atoms with van der Waals surface area (Å²) in [6.07, 6.45) is 4.07. The highest BCUT2D eigenvalue weighted by atomic mass is 79.9. The van der Waals surface area contributed by atoms with Crippen LogP contribution < -0.4 is 0 Å². The second-order valence-corrected chi connectivity index (χ2v) is 4.49. The van der Waals surface area contributed by atoms with Gasteiger partial charge in [-0.2, -0.15) is 0 Å². The number of hydrogen-bond donors (Lipinski definition) is 0. The summed E-state index contributed by atoms with van der Waals surface area (Å²) in [6.45, 7) is 0. The van der Waals surface area contributed by atoms with E-state index in [0.29, 0.717) is 0 Å². The summed E-state index contributed by atoms with van der Waals surface area (Å²) >= 11 is 5.12. The molecule has 0 unspecified atom stereocenters. The Morgan fingerprint density at radius 2 is 2.00 bits per heavy atom. The summed E-state index contributed by atoms with van der Waals surface area (Å²) in [5.41, 5.74) is 1.21. The molecule has 0 amide bonds. The quantitative estimate of drug-likeness (QED) is 0.705. The molecule has 2 aromatic heterocycles. The molecule has 0 aliphatic carbocycles. The number of rotatable bonds is 1. The Morgan fingerprint density at radius 1 is 1.27 bits per heavy atom. The monoisotopic (exact) mass is 227 g/mol. The molecule has 2 heterocycles. The smallest absolute Gasteiger partial charge is 0.0720 e. The highest BCUT2D eigenvalue weighted by molar-refractivity contribution is 9.11. The molecule has 1 nitrogen and oxygen atoms in total. The van der Waals surface area contributed by atoms with Crippen molar-refractivity contribution in [2.75, 3.05) is 0 Å². The van der Waals surface area contributed by atoms with E-state index >= 15 is 0 Å². The summed E-state index contributed by atoms with van der Waals surface area (Å²) in [5.74, 6) is 0. The molecular weight excluding hydrogens is 222 g/mol. The summed E-state index contributed by atoms with van der Waals surface area (Å²) in [4.78, 5) is 0. The number of halogens is 1. The number of aromatic nitrogens is 1. The van der Waals surface area contributed by atoms with Crippen LogP contribution in [0.1, 0.15) is 0 Å². The number of thiophene rings is 1. The van der Waals surface area contributed by atoms with Crippen LogP contribution in [0.2, 0.25) is 0 Å². The van der Waals surface area contributed by atoms with Crippen molar-refractivity contribution in [3.8, 4) is 5.69 Å². The largest absolute Gasteiger partial charge is 0.323 e. The average Bonchev–Trinajstić information content (AvgIpc) is 2.55. The lowest BCUT2D eigenvalue weighted by atomic mass is 10.5. The van der Waals surface area contributed by atoms with E-state index in [1.807, 2.05) is 24.5 Å². The van der Waals surface area contributed by atoms with E-state index < -0.39 is 0 Å². The summed E-state index contributed by atoms with van der Waals surface area (Å²) < 4.78 is 3.25. The topological polar surface area (TPSA) is 4.93 Å². The van der Waals surface area contributed by atoms with E-state index in [-0.39, 0.29) is 0 Å². The summed E-state index contributed by atoms with van der Waals surface area (Å²) in [7, 11) is 0. The summed E-state index contributed by atoms with van der Waals surface area (Å²) in [5, 5.41) is 2.12. The second kappa shape index (κ2) is 2.83. The lowest BCUT2D eigenvalue weighted by Crippen LogP contribution is -1.83. The molecule has 0 spiro atoms. The number of nitrogens with zero attached hydrogens (tertiary/aromatic N) is 1. The molecule has 0 atom stereocenters. The van der Waals surface area contributed by atoms with Gasteiger partial charge in [-0.3, -0.25) is 0 Å². The Morgan fingerprint density at radius 3 is 2.55 bits per heavy atom. The molecule has 0 aliphatic rings. The van der Waals surface area contributed by atoms with Gasteiger partial charge in [0.05, 0.1) is 9.47 Å². The molecular formula is C8H6BrNS. The molecule has 2 rings (SSSR count). The third kappa shape index (κ3) is 1.39. The van der Waals surface area contributed by atoms with Crippen LogP contribution in [0.4, 0.5) is 0 Å².